The second kappa shape index (κ2) is 18.6. The van der Waals surface area contributed by atoms with E-state index < -0.39 is 5.91 Å². The second-order valence-electron chi connectivity index (χ2n) is 12.5. The molecule has 0 aliphatic carbocycles. The van der Waals surface area contributed by atoms with E-state index in [0.717, 1.165) is 22.0 Å². The topological polar surface area (TPSA) is 197 Å². The Morgan fingerprint density at radius 3 is 2.44 bits per heavy atom. The van der Waals surface area contributed by atoms with Gasteiger partial charge in [0.2, 0.25) is 11.8 Å². The lowest BCUT2D eigenvalue weighted by Gasteiger charge is -2.21. The molecule has 54 heavy (non-hydrogen) atoms. The molecule has 282 valence electrons. The van der Waals surface area contributed by atoms with Gasteiger partial charge in [0.05, 0.1) is 45.1 Å². The summed E-state index contributed by atoms with van der Waals surface area (Å²) in [6.45, 7) is 3.03. The molecule has 3 heterocycles. The van der Waals surface area contributed by atoms with Gasteiger partial charge in [0, 0.05) is 36.8 Å². The van der Waals surface area contributed by atoms with E-state index in [2.05, 4.69) is 20.9 Å². The van der Waals surface area contributed by atoms with Gasteiger partial charge >= 0.3 is 0 Å². The monoisotopic (exact) mass is 739 g/mol. The minimum atomic E-state index is -0.556. The van der Waals surface area contributed by atoms with Crippen LogP contribution in [0.1, 0.15) is 45.9 Å². The number of rotatable bonds is 19. The van der Waals surface area contributed by atoms with Crippen molar-refractivity contribution >= 4 is 34.5 Å². The van der Waals surface area contributed by atoms with Crippen LogP contribution < -0.4 is 25.6 Å². The molecule has 1 aliphatic rings. The SMILES string of the molecule is O=C(COc1ccc(C2CCC(=O)NC2=O)cc1)NCCOCCOCCn1cc(COc2ccc(Cn3ccc4ccc(C(=O)NO)cc43)cc2)nn1. The Balaban J connectivity index is 0.795. The van der Waals surface area contributed by atoms with E-state index in [1.165, 1.54) is 0 Å². The van der Waals surface area contributed by atoms with Gasteiger partial charge < -0.3 is 28.8 Å². The predicted molar refractivity (Wildman–Crippen MR) is 193 cm³/mol. The molecule has 1 unspecified atom stereocenters. The molecule has 16 heteroatoms. The lowest BCUT2D eigenvalue weighted by molar-refractivity contribution is -0.134. The third kappa shape index (κ3) is 10.5. The lowest BCUT2D eigenvalue weighted by atomic mass is 9.90. The molecule has 0 radical (unpaired) electrons. The smallest absolute Gasteiger partial charge is 0.274 e. The largest absolute Gasteiger partial charge is 0.487 e. The molecule has 1 atom stereocenters. The molecule has 1 fully saturated rings. The molecular weight excluding hydrogens is 698 g/mol. The number of hydrogen-bond donors (Lipinski definition) is 4. The molecule has 3 aromatic carbocycles. The standard InChI is InChI=1S/C38H41N7O9/c46-35-12-11-33(38(49)40-35)27-5-9-32(10-6-27)54-25-36(47)39-14-17-51-19-20-52-18-16-45-23-30(41-43-45)24-53-31-7-1-26(2-8-31)22-44-15-13-28-3-4-29(21-34(28)44)37(48)42-50/h1-10,13,15,21,23,33,50H,11-12,14,16-20,22,24-25H2,(H,39,47)(H,42,48)(H,40,46,49). The van der Waals surface area contributed by atoms with Crippen LogP contribution in [0.2, 0.25) is 0 Å². The highest BCUT2D eigenvalue weighted by atomic mass is 16.5. The van der Waals surface area contributed by atoms with E-state index in [4.69, 9.17) is 24.2 Å². The summed E-state index contributed by atoms with van der Waals surface area (Å²) in [5.74, 6) is -0.567. The third-order valence-corrected chi connectivity index (χ3v) is 8.68. The highest BCUT2D eigenvalue weighted by Crippen LogP contribution is 2.26. The Morgan fingerprint density at radius 2 is 1.67 bits per heavy atom. The van der Waals surface area contributed by atoms with Crippen molar-refractivity contribution < 1.29 is 43.3 Å². The maximum absolute atomic E-state index is 12.1. The van der Waals surface area contributed by atoms with Crippen LogP contribution in [-0.4, -0.2) is 88.0 Å². The number of hydroxylamine groups is 1. The molecule has 0 spiro atoms. The number of imide groups is 1. The van der Waals surface area contributed by atoms with E-state index in [1.54, 1.807) is 52.8 Å². The van der Waals surface area contributed by atoms with Crippen molar-refractivity contribution in [3.05, 3.63) is 108 Å². The minimum Gasteiger partial charge on any atom is -0.487 e. The number of amides is 4. The number of piperidine rings is 1. The van der Waals surface area contributed by atoms with E-state index in [1.807, 2.05) is 47.2 Å². The summed E-state index contributed by atoms with van der Waals surface area (Å²) in [6.07, 6.45) is 4.54. The van der Waals surface area contributed by atoms with Crippen molar-refractivity contribution in [3.63, 3.8) is 0 Å². The van der Waals surface area contributed by atoms with Crippen LogP contribution in [0.4, 0.5) is 0 Å². The zero-order chi connectivity index (χ0) is 37.7. The first kappa shape index (κ1) is 37.7. The zero-order valence-corrected chi connectivity index (χ0v) is 29.4. The summed E-state index contributed by atoms with van der Waals surface area (Å²) in [5.41, 5.74) is 5.46. The van der Waals surface area contributed by atoms with Crippen LogP contribution in [-0.2, 0) is 43.6 Å². The number of carbonyl (C=O) groups excluding carboxylic acids is 4. The van der Waals surface area contributed by atoms with Crippen LogP contribution in [0.3, 0.4) is 0 Å². The maximum Gasteiger partial charge on any atom is 0.274 e. The molecule has 1 aliphatic heterocycles. The Morgan fingerprint density at radius 1 is 0.907 bits per heavy atom. The second-order valence-corrected chi connectivity index (χ2v) is 12.5. The molecule has 4 amide bonds. The predicted octanol–water partition coefficient (Wildman–Crippen LogP) is 2.73. The number of hydrogen-bond acceptors (Lipinski definition) is 11. The van der Waals surface area contributed by atoms with Crippen LogP contribution in [0.25, 0.3) is 10.9 Å². The van der Waals surface area contributed by atoms with Gasteiger partial charge in [-0.1, -0.05) is 35.5 Å². The number of aromatic nitrogens is 4. The van der Waals surface area contributed by atoms with E-state index in [-0.39, 0.29) is 36.9 Å². The van der Waals surface area contributed by atoms with Crippen LogP contribution >= 0.6 is 0 Å². The molecule has 16 nitrogen and oxygen atoms in total. The first-order chi connectivity index (χ1) is 26.3. The normalized spacial score (nSPS) is 14.1. The summed E-state index contributed by atoms with van der Waals surface area (Å²) >= 11 is 0. The lowest BCUT2D eigenvalue weighted by Crippen LogP contribution is -2.39. The quantitative estimate of drug-likeness (QED) is 0.0421. The summed E-state index contributed by atoms with van der Waals surface area (Å²) in [7, 11) is 0. The summed E-state index contributed by atoms with van der Waals surface area (Å²) < 4.78 is 26.3. The molecule has 1 saturated heterocycles. The zero-order valence-electron chi connectivity index (χ0n) is 29.4. The molecular formula is C38H41N7O9. The summed E-state index contributed by atoms with van der Waals surface area (Å²) in [4.78, 5) is 47.3. The van der Waals surface area contributed by atoms with Crippen molar-refractivity contribution in [3.8, 4) is 11.5 Å². The van der Waals surface area contributed by atoms with E-state index >= 15 is 0 Å². The Kier molecular flexibility index (Phi) is 13.0. The van der Waals surface area contributed by atoms with Gasteiger partial charge in [-0.05, 0) is 65.4 Å². The van der Waals surface area contributed by atoms with Gasteiger partial charge in [0.1, 0.15) is 23.8 Å². The van der Waals surface area contributed by atoms with Gasteiger partial charge in [-0.3, -0.25) is 29.7 Å². The van der Waals surface area contributed by atoms with Gasteiger partial charge in [0.15, 0.2) is 6.61 Å². The van der Waals surface area contributed by atoms with Gasteiger partial charge in [-0.15, -0.1) is 5.10 Å². The van der Waals surface area contributed by atoms with E-state index in [0.29, 0.717) is 81.7 Å². The number of benzene rings is 3. The fourth-order valence-electron chi connectivity index (χ4n) is 5.84. The van der Waals surface area contributed by atoms with Crippen LogP contribution in [0.15, 0.2) is 85.2 Å². The number of nitrogens with one attached hydrogen (secondary N) is 3. The number of fused-ring (bicyclic) bond motifs is 1. The third-order valence-electron chi connectivity index (χ3n) is 8.68. The molecule has 6 rings (SSSR count). The number of carbonyl (C=O) groups is 4. The Bertz CT molecular complexity index is 2040. The summed E-state index contributed by atoms with van der Waals surface area (Å²) in [5, 5.41) is 23.3. The molecule has 0 saturated carbocycles. The van der Waals surface area contributed by atoms with Gasteiger partial charge in [-0.25, -0.2) is 10.2 Å². The first-order valence-electron chi connectivity index (χ1n) is 17.5. The average Bonchev–Trinajstić information content (AvgIpc) is 3.82. The van der Waals surface area contributed by atoms with E-state index in [9.17, 15) is 19.2 Å². The fraction of sp³-hybridized carbons (Fsp3) is 0.316. The van der Waals surface area contributed by atoms with Gasteiger partial charge in [0.25, 0.3) is 11.8 Å². The molecule has 2 aromatic heterocycles. The van der Waals surface area contributed by atoms with Crippen LogP contribution in [0.5, 0.6) is 11.5 Å². The van der Waals surface area contributed by atoms with Crippen molar-refractivity contribution in [2.45, 2.75) is 38.5 Å². The van der Waals surface area contributed by atoms with Crippen molar-refractivity contribution in [1.29, 1.82) is 0 Å². The van der Waals surface area contributed by atoms with Crippen LogP contribution in [0, 0.1) is 0 Å². The van der Waals surface area contributed by atoms with Crippen molar-refractivity contribution in [1.82, 2.24) is 35.7 Å². The highest BCUT2D eigenvalue weighted by Gasteiger charge is 2.27. The number of ether oxygens (including phenoxy) is 4. The minimum absolute atomic E-state index is 0.156. The summed E-state index contributed by atoms with van der Waals surface area (Å²) in [6, 6.07) is 21.9. The maximum atomic E-state index is 12.1. The molecule has 5 aromatic rings. The number of nitrogens with zero attached hydrogens (tertiary/aromatic N) is 4. The first-order valence-corrected chi connectivity index (χ1v) is 17.5. The van der Waals surface area contributed by atoms with Crippen molar-refractivity contribution in [2.75, 3.05) is 39.6 Å². The highest BCUT2D eigenvalue weighted by molar-refractivity contribution is 6.01. The average molecular weight is 740 g/mol. The van der Waals surface area contributed by atoms with Crippen molar-refractivity contribution in [2.24, 2.45) is 0 Å². The van der Waals surface area contributed by atoms with Gasteiger partial charge in [-0.2, -0.15) is 0 Å². The molecule has 0 bridgehead atoms. The fourth-order valence-corrected chi connectivity index (χ4v) is 5.84. The Labute approximate surface area is 310 Å². The molecule has 4 N–H and O–H groups in total. The Hall–Kier alpha value is -6.10.